The quantitative estimate of drug-likeness (QED) is 0.709. The first-order chi connectivity index (χ1) is 13.4. The van der Waals surface area contributed by atoms with Crippen molar-refractivity contribution in [3.63, 3.8) is 0 Å². The zero-order chi connectivity index (χ0) is 21.8. The molecule has 0 radical (unpaired) electrons. The molecule has 0 aromatic heterocycles. The van der Waals surface area contributed by atoms with Crippen LogP contribution in [0.3, 0.4) is 0 Å². The van der Waals surface area contributed by atoms with Gasteiger partial charge >= 0.3 is 6.18 Å². The molecular formula is C18H17F3N2O5S. The molecule has 0 aliphatic heterocycles. The third-order valence-electron chi connectivity index (χ3n) is 3.73. The molecule has 0 spiro atoms. The Labute approximate surface area is 164 Å². The predicted molar refractivity (Wildman–Crippen MR) is 96.8 cm³/mol. The van der Waals surface area contributed by atoms with Gasteiger partial charge in [0.25, 0.3) is 11.8 Å². The lowest BCUT2D eigenvalue weighted by atomic mass is 10.1. The zero-order valence-corrected chi connectivity index (χ0v) is 16.1. The Balaban J connectivity index is 1.95. The van der Waals surface area contributed by atoms with Crippen LogP contribution in [0.15, 0.2) is 47.4 Å². The second-order valence-electron chi connectivity index (χ2n) is 6.07. The van der Waals surface area contributed by atoms with Gasteiger partial charge in [0.15, 0.2) is 16.4 Å². The number of benzene rings is 2. The maximum atomic E-state index is 12.7. The van der Waals surface area contributed by atoms with Gasteiger partial charge in [-0.1, -0.05) is 12.1 Å². The molecule has 0 aliphatic carbocycles. The van der Waals surface area contributed by atoms with Crippen molar-refractivity contribution in [1.82, 2.24) is 10.9 Å². The van der Waals surface area contributed by atoms with E-state index in [-0.39, 0.29) is 16.2 Å². The summed E-state index contributed by atoms with van der Waals surface area (Å²) in [5.41, 5.74) is 3.73. The molecule has 2 aromatic rings. The summed E-state index contributed by atoms with van der Waals surface area (Å²) in [5, 5.41) is 0. The van der Waals surface area contributed by atoms with Crippen LogP contribution in [0.1, 0.15) is 21.5 Å². The maximum Gasteiger partial charge on any atom is 0.416 e. The van der Waals surface area contributed by atoms with Gasteiger partial charge < -0.3 is 4.74 Å². The van der Waals surface area contributed by atoms with Crippen LogP contribution in [0.25, 0.3) is 0 Å². The zero-order valence-electron chi connectivity index (χ0n) is 15.3. The molecule has 29 heavy (non-hydrogen) atoms. The van der Waals surface area contributed by atoms with Crippen LogP contribution >= 0.6 is 0 Å². The second kappa shape index (κ2) is 8.52. The lowest BCUT2D eigenvalue weighted by Gasteiger charge is -2.12. The fraction of sp³-hybridized carbons (Fsp3) is 0.222. The Morgan fingerprint density at radius 2 is 1.76 bits per heavy atom. The van der Waals surface area contributed by atoms with Gasteiger partial charge in [-0.05, 0) is 42.8 Å². The first-order valence-electron chi connectivity index (χ1n) is 8.08. The third kappa shape index (κ3) is 6.21. The summed E-state index contributed by atoms with van der Waals surface area (Å²) in [7, 11) is -3.53. The summed E-state index contributed by atoms with van der Waals surface area (Å²) in [4.78, 5) is 23.9. The van der Waals surface area contributed by atoms with E-state index in [0.29, 0.717) is 5.56 Å². The van der Waals surface area contributed by atoms with Gasteiger partial charge in [-0.3, -0.25) is 20.4 Å². The van der Waals surface area contributed by atoms with E-state index in [1.54, 1.807) is 6.92 Å². The van der Waals surface area contributed by atoms with Gasteiger partial charge in [-0.25, -0.2) is 8.42 Å². The Morgan fingerprint density at radius 3 is 2.38 bits per heavy atom. The molecule has 0 aliphatic rings. The second-order valence-corrected chi connectivity index (χ2v) is 8.08. The van der Waals surface area contributed by atoms with Gasteiger partial charge in [0, 0.05) is 11.8 Å². The molecule has 0 atom stereocenters. The SMILES string of the molecule is Cc1ccc(S(C)(=O)=O)cc1C(=O)NNC(=O)COc1cccc(C(F)(F)F)c1. The normalized spacial score (nSPS) is 11.6. The van der Waals surface area contributed by atoms with Crippen LogP contribution in [-0.4, -0.2) is 33.1 Å². The van der Waals surface area contributed by atoms with E-state index in [1.165, 1.54) is 24.3 Å². The van der Waals surface area contributed by atoms with E-state index in [1.807, 2.05) is 5.43 Å². The van der Waals surface area contributed by atoms with E-state index < -0.39 is 40.0 Å². The predicted octanol–water partition coefficient (Wildman–Crippen LogP) is 2.26. The fourth-order valence-corrected chi connectivity index (χ4v) is 2.86. The van der Waals surface area contributed by atoms with Crippen molar-refractivity contribution in [2.45, 2.75) is 18.0 Å². The van der Waals surface area contributed by atoms with Crippen LogP contribution < -0.4 is 15.6 Å². The van der Waals surface area contributed by atoms with Gasteiger partial charge in [-0.2, -0.15) is 13.2 Å². The van der Waals surface area contributed by atoms with E-state index in [9.17, 15) is 31.2 Å². The van der Waals surface area contributed by atoms with Crippen LogP contribution in [0.4, 0.5) is 13.2 Å². The fourth-order valence-electron chi connectivity index (χ4n) is 2.22. The first kappa shape index (κ1) is 22.2. The summed E-state index contributed by atoms with van der Waals surface area (Å²) in [6.07, 6.45) is -3.56. The molecule has 7 nitrogen and oxygen atoms in total. The van der Waals surface area contributed by atoms with Crippen molar-refractivity contribution in [2.24, 2.45) is 0 Å². The molecule has 0 unspecified atom stereocenters. The molecule has 2 N–H and O–H groups in total. The topological polar surface area (TPSA) is 102 Å². The van der Waals surface area contributed by atoms with Crippen molar-refractivity contribution in [3.05, 3.63) is 59.2 Å². The van der Waals surface area contributed by atoms with Crippen molar-refractivity contribution in [1.29, 1.82) is 0 Å². The van der Waals surface area contributed by atoms with Gasteiger partial charge in [0.05, 0.1) is 10.5 Å². The molecule has 0 saturated heterocycles. The summed E-state index contributed by atoms with van der Waals surface area (Å²) in [6, 6.07) is 7.96. The summed E-state index contributed by atoms with van der Waals surface area (Å²) in [6.45, 7) is 0.934. The molecule has 0 bridgehead atoms. The van der Waals surface area contributed by atoms with Crippen molar-refractivity contribution in [2.75, 3.05) is 12.9 Å². The average Bonchev–Trinajstić information content (AvgIpc) is 2.63. The number of amides is 2. The molecule has 0 saturated carbocycles. The molecule has 11 heteroatoms. The number of carbonyl (C=O) groups is 2. The smallest absolute Gasteiger partial charge is 0.416 e. The largest absolute Gasteiger partial charge is 0.484 e. The standard InChI is InChI=1S/C18H17F3N2O5S/c1-11-6-7-14(29(2,26)27)9-15(11)17(25)23-22-16(24)10-28-13-5-3-4-12(8-13)18(19,20)21/h3-9H,10H2,1-2H3,(H,22,24)(H,23,25). The van der Waals surface area contributed by atoms with Crippen LogP contribution in [-0.2, 0) is 20.8 Å². The summed E-state index contributed by atoms with van der Waals surface area (Å²) in [5.74, 6) is -1.76. The number of halogens is 3. The number of aryl methyl sites for hydroxylation is 1. The molecule has 2 rings (SSSR count). The molecule has 2 amide bonds. The monoisotopic (exact) mass is 430 g/mol. The molecule has 0 fully saturated rings. The van der Waals surface area contributed by atoms with E-state index in [2.05, 4.69) is 5.43 Å². The Bertz CT molecular complexity index is 1040. The highest BCUT2D eigenvalue weighted by molar-refractivity contribution is 7.90. The van der Waals surface area contributed by atoms with Crippen molar-refractivity contribution in [3.8, 4) is 5.75 Å². The Hall–Kier alpha value is -3.08. The molecule has 0 heterocycles. The number of alkyl halides is 3. The number of sulfone groups is 1. The minimum atomic E-state index is -4.55. The number of hydrogen-bond acceptors (Lipinski definition) is 5. The third-order valence-corrected chi connectivity index (χ3v) is 4.84. The van der Waals surface area contributed by atoms with E-state index >= 15 is 0 Å². The number of rotatable bonds is 5. The minimum Gasteiger partial charge on any atom is -0.484 e. The lowest BCUT2D eigenvalue weighted by Crippen LogP contribution is -2.44. The number of hydrazine groups is 1. The number of nitrogens with one attached hydrogen (secondary N) is 2. The van der Waals surface area contributed by atoms with Crippen LogP contribution in [0.5, 0.6) is 5.75 Å². The maximum absolute atomic E-state index is 12.7. The highest BCUT2D eigenvalue weighted by atomic mass is 32.2. The van der Waals surface area contributed by atoms with Gasteiger partial charge in [-0.15, -0.1) is 0 Å². The minimum absolute atomic E-state index is 0.0343. The number of hydrogen-bond donors (Lipinski definition) is 2. The average molecular weight is 430 g/mol. The lowest BCUT2D eigenvalue weighted by molar-refractivity contribution is -0.137. The highest BCUT2D eigenvalue weighted by Crippen LogP contribution is 2.31. The Morgan fingerprint density at radius 1 is 1.07 bits per heavy atom. The first-order valence-corrected chi connectivity index (χ1v) is 9.97. The van der Waals surface area contributed by atoms with E-state index in [0.717, 1.165) is 24.5 Å². The van der Waals surface area contributed by atoms with Crippen LogP contribution in [0.2, 0.25) is 0 Å². The number of ether oxygens (including phenoxy) is 1. The van der Waals surface area contributed by atoms with Crippen LogP contribution in [0, 0.1) is 6.92 Å². The summed E-state index contributed by atoms with van der Waals surface area (Å²) < 4.78 is 66.1. The molecule has 156 valence electrons. The Kier molecular flexibility index (Phi) is 6.52. The van der Waals surface area contributed by atoms with Gasteiger partial charge in [0.1, 0.15) is 5.75 Å². The van der Waals surface area contributed by atoms with Gasteiger partial charge in [0.2, 0.25) is 0 Å². The van der Waals surface area contributed by atoms with E-state index in [4.69, 9.17) is 4.74 Å². The highest BCUT2D eigenvalue weighted by Gasteiger charge is 2.30. The summed E-state index contributed by atoms with van der Waals surface area (Å²) >= 11 is 0. The molecular weight excluding hydrogens is 413 g/mol. The van der Waals surface area contributed by atoms with Crippen molar-refractivity contribution >= 4 is 21.7 Å². The molecule has 2 aromatic carbocycles. The van der Waals surface area contributed by atoms with Crippen molar-refractivity contribution < 1.29 is 35.9 Å². The number of carbonyl (C=O) groups excluding carboxylic acids is 2.